The van der Waals surface area contributed by atoms with Crippen LogP contribution in [0.2, 0.25) is 0 Å². The summed E-state index contributed by atoms with van der Waals surface area (Å²) >= 11 is 0. The second-order valence-electron chi connectivity index (χ2n) is 3.35. The highest BCUT2D eigenvalue weighted by molar-refractivity contribution is 5.89. The summed E-state index contributed by atoms with van der Waals surface area (Å²) in [6, 6.07) is 0. The molecule has 3 unspecified atom stereocenters. The van der Waals surface area contributed by atoms with Gasteiger partial charge in [-0.3, -0.25) is 0 Å². The van der Waals surface area contributed by atoms with Crippen LogP contribution < -0.4 is 0 Å². The minimum Gasteiger partial charge on any atom is -0.478 e. The lowest BCUT2D eigenvalue weighted by molar-refractivity contribution is -0.159. The van der Waals surface area contributed by atoms with E-state index in [-0.39, 0.29) is 0 Å². The fraction of sp³-hybridized carbons (Fsp3) is 0.600. The molecular formula is C10H19NO7. The van der Waals surface area contributed by atoms with Crippen LogP contribution in [0.15, 0.2) is 12.2 Å². The fourth-order valence-corrected chi connectivity index (χ4v) is 1.08. The van der Waals surface area contributed by atoms with Crippen molar-refractivity contribution in [1.82, 2.24) is 4.90 Å². The van der Waals surface area contributed by atoms with E-state index in [4.69, 9.17) is 25.5 Å². The van der Waals surface area contributed by atoms with E-state index in [9.17, 15) is 9.59 Å². The van der Waals surface area contributed by atoms with E-state index < -0.39 is 30.6 Å². The van der Waals surface area contributed by atoms with Crippen LogP contribution in [-0.4, -0.2) is 61.1 Å². The molecule has 0 aliphatic heterocycles. The Morgan fingerprint density at radius 3 is 1.11 bits per heavy atom. The van der Waals surface area contributed by atoms with Crippen molar-refractivity contribution in [3.63, 3.8) is 0 Å². The third kappa shape index (κ3) is 11.0. The zero-order valence-electron chi connectivity index (χ0n) is 10.4. The van der Waals surface area contributed by atoms with E-state index in [1.807, 2.05) is 0 Å². The summed E-state index contributed by atoms with van der Waals surface area (Å²) < 4.78 is 0. The molecule has 0 aromatic heterocycles. The average Bonchev–Trinajstić information content (AvgIpc) is 2.13. The first-order chi connectivity index (χ1) is 8.09. The SMILES string of the molecule is CC(O)N(C(C)O)C(C)O.O=C(O)/C=C\C(=O)O. The van der Waals surface area contributed by atoms with E-state index in [0.717, 1.165) is 0 Å². The third-order valence-corrected chi connectivity index (χ3v) is 1.66. The molecule has 0 bridgehead atoms. The molecule has 0 spiro atoms. The average molecular weight is 265 g/mol. The molecule has 8 heteroatoms. The second kappa shape index (κ2) is 9.54. The molecule has 0 amide bonds. The molecule has 0 aliphatic carbocycles. The Bertz CT molecular complexity index is 251. The zero-order valence-corrected chi connectivity index (χ0v) is 10.4. The van der Waals surface area contributed by atoms with Crippen molar-refractivity contribution < 1.29 is 35.1 Å². The number of carboxylic acids is 2. The lowest BCUT2D eigenvalue weighted by Crippen LogP contribution is -2.45. The lowest BCUT2D eigenvalue weighted by atomic mass is 10.4. The number of carbonyl (C=O) groups is 2. The molecular weight excluding hydrogens is 246 g/mol. The standard InChI is InChI=1S/C6H15NO3.C4H4O4/c1-4(8)7(5(2)9)6(3)10;5-3(6)1-2-4(7)8/h4-6,8-10H,1-3H3;1-2H,(H,5,6)(H,7,8)/b;2-1-. The molecule has 0 aromatic rings. The van der Waals surface area contributed by atoms with Gasteiger partial charge in [-0.2, -0.15) is 0 Å². The van der Waals surface area contributed by atoms with E-state index in [1.165, 1.54) is 25.7 Å². The van der Waals surface area contributed by atoms with Crippen LogP contribution in [0.4, 0.5) is 0 Å². The zero-order chi connectivity index (χ0) is 14.9. The summed E-state index contributed by atoms with van der Waals surface area (Å²) in [4.78, 5) is 20.3. The smallest absolute Gasteiger partial charge is 0.328 e. The van der Waals surface area contributed by atoms with Crippen molar-refractivity contribution in [2.45, 2.75) is 39.5 Å². The van der Waals surface area contributed by atoms with Crippen LogP contribution in [0, 0.1) is 0 Å². The number of hydrogen-bond acceptors (Lipinski definition) is 6. The molecule has 5 N–H and O–H groups in total. The van der Waals surface area contributed by atoms with Gasteiger partial charge in [0.1, 0.15) is 18.7 Å². The van der Waals surface area contributed by atoms with Gasteiger partial charge in [-0.25, -0.2) is 14.5 Å². The Kier molecular flexibility index (Phi) is 10.0. The number of aliphatic carboxylic acids is 2. The number of nitrogens with zero attached hydrogens (tertiary/aromatic N) is 1. The fourth-order valence-electron chi connectivity index (χ4n) is 1.08. The van der Waals surface area contributed by atoms with Gasteiger partial charge in [-0.05, 0) is 20.8 Å². The minimum absolute atomic E-state index is 0.558. The summed E-state index contributed by atoms with van der Waals surface area (Å²) in [7, 11) is 0. The number of rotatable bonds is 5. The second-order valence-corrected chi connectivity index (χ2v) is 3.35. The maximum Gasteiger partial charge on any atom is 0.328 e. The van der Waals surface area contributed by atoms with Gasteiger partial charge in [0.25, 0.3) is 0 Å². The molecule has 0 radical (unpaired) electrons. The van der Waals surface area contributed by atoms with Crippen LogP contribution in [-0.2, 0) is 9.59 Å². The highest BCUT2D eigenvalue weighted by Gasteiger charge is 2.20. The summed E-state index contributed by atoms with van der Waals surface area (Å²) in [5.74, 6) is -2.51. The Morgan fingerprint density at radius 1 is 0.833 bits per heavy atom. The maximum absolute atomic E-state index is 9.55. The summed E-state index contributed by atoms with van der Waals surface area (Å²) in [6.07, 6.45) is -1.38. The van der Waals surface area contributed by atoms with Crippen LogP contribution in [0.25, 0.3) is 0 Å². The highest BCUT2D eigenvalue weighted by Crippen LogP contribution is 2.04. The Labute approximate surface area is 104 Å². The van der Waals surface area contributed by atoms with Gasteiger partial charge in [-0.15, -0.1) is 0 Å². The summed E-state index contributed by atoms with van der Waals surface area (Å²) in [5.41, 5.74) is 0. The molecule has 0 aliphatic rings. The molecule has 8 nitrogen and oxygen atoms in total. The molecule has 0 rings (SSSR count). The maximum atomic E-state index is 9.55. The first kappa shape index (κ1) is 18.9. The van der Waals surface area contributed by atoms with Gasteiger partial charge in [-0.1, -0.05) is 0 Å². The minimum atomic E-state index is -1.26. The lowest BCUT2D eigenvalue weighted by Gasteiger charge is -2.30. The van der Waals surface area contributed by atoms with Gasteiger partial charge in [0.2, 0.25) is 0 Å². The normalized spacial score (nSPS) is 15.7. The monoisotopic (exact) mass is 265 g/mol. The molecule has 0 saturated carbocycles. The predicted molar refractivity (Wildman–Crippen MR) is 61.3 cm³/mol. The van der Waals surface area contributed by atoms with Crippen LogP contribution >= 0.6 is 0 Å². The molecule has 18 heavy (non-hydrogen) atoms. The van der Waals surface area contributed by atoms with E-state index in [1.54, 1.807) is 0 Å². The Morgan fingerprint density at radius 2 is 1.06 bits per heavy atom. The van der Waals surface area contributed by atoms with Crippen molar-refractivity contribution in [3.8, 4) is 0 Å². The van der Waals surface area contributed by atoms with Crippen molar-refractivity contribution >= 4 is 11.9 Å². The van der Waals surface area contributed by atoms with Gasteiger partial charge >= 0.3 is 11.9 Å². The molecule has 3 atom stereocenters. The van der Waals surface area contributed by atoms with E-state index >= 15 is 0 Å². The summed E-state index contributed by atoms with van der Waals surface area (Å²) in [5, 5.41) is 42.5. The highest BCUT2D eigenvalue weighted by atomic mass is 16.4. The van der Waals surface area contributed by atoms with Gasteiger partial charge in [0.15, 0.2) is 0 Å². The topological polar surface area (TPSA) is 139 Å². The molecule has 0 heterocycles. The van der Waals surface area contributed by atoms with Crippen LogP contribution in [0.5, 0.6) is 0 Å². The predicted octanol–water partition coefficient (Wildman–Crippen LogP) is -0.985. The number of aliphatic hydroxyl groups excluding tert-OH is 3. The number of carboxylic acid groups (broad SMARTS) is 2. The van der Waals surface area contributed by atoms with Gasteiger partial charge in [0, 0.05) is 12.2 Å². The van der Waals surface area contributed by atoms with Crippen molar-refractivity contribution in [3.05, 3.63) is 12.2 Å². The Balaban J connectivity index is 0. The van der Waals surface area contributed by atoms with Crippen molar-refractivity contribution in [1.29, 1.82) is 0 Å². The van der Waals surface area contributed by atoms with Crippen molar-refractivity contribution in [2.75, 3.05) is 0 Å². The number of aliphatic hydroxyl groups is 3. The third-order valence-electron chi connectivity index (χ3n) is 1.66. The quantitative estimate of drug-likeness (QED) is 0.315. The van der Waals surface area contributed by atoms with E-state index in [0.29, 0.717) is 12.2 Å². The van der Waals surface area contributed by atoms with Gasteiger partial charge < -0.3 is 25.5 Å². The van der Waals surface area contributed by atoms with Crippen LogP contribution in [0.1, 0.15) is 20.8 Å². The Hall–Kier alpha value is -1.48. The first-order valence-corrected chi connectivity index (χ1v) is 5.05. The van der Waals surface area contributed by atoms with E-state index in [2.05, 4.69) is 0 Å². The molecule has 106 valence electrons. The largest absolute Gasteiger partial charge is 0.478 e. The molecule has 0 fully saturated rings. The molecule has 0 saturated heterocycles. The number of hydrogen-bond donors (Lipinski definition) is 5. The van der Waals surface area contributed by atoms with Crippen molar-refractivity contribution in [2.24, 2.45) is 0 Å². The van der Waals surface area contributed by atoms with Gasteiger partial charge in [0.05, 0.1) is 0 Å². The summed E-state index contributed by atoms with van der Waals surface area (Å²) in [6.45, 7) is 4.46. The first-order valence-electron chi connectivity index (χ1n) is 5.05. The van der Waals surface area contributed by atoms with Crippen LogP contribution in [0.3, 0.4) is 0 Å². The molecule has 0 aromatic carbocycles.